The van der Waals surface area contributed by atoms with Gasteiger partial charge in [0.05, 0.1) is 0 Å². The number of carboxylic acids is 1. The SMILES string of the molecule is CC#CCCNC(=O)NC(CCCC)C(=O)O. The van der Waals surface area contributed by atoms with Gasteiger partial charge in [-0.2, -0.15) is 0 Å². The van der Waals surface area contributed by atoms with Crippen LogP contribution in [0.15, 0.2) is 0 Å². The van der Waals surface area contributed by atoms with Crippen molar-refractivity contribution >= 4 is 12.0 Å². The number of hydrogen-bond acceptors (Lipinski definition) is 2. The smallest absolute Gasteiger partial charge is 0.326 e. The minimum atomic E-state index is -0.998. The van der Waals surface area contributed by atoms with E-state index in [1.165, 1.54) is 0 Å². The zero-order valence-corrected chi connectivity index (χ0v) is 10.4. The molecule has 0 fully saturated rings. The molecule has 1 atom stereocenters. The number of hydrogen-bond donors (Lipinski definition) is 3. The molecule has 0 heterocycles. The molecule has 0 aromatic rings. The Morgan fingerprint density at radius 3 is 2.65 bits per heavy atom. The summed E-state index contributed by atoms with van der Waals surface area (Å²) in [5.41, 5.74) is 0. The molecule has 0 aliphatic rings. The molecule has 0 saturated carbocycles. The highest BCUT2D eigenvalue weighted by Gasteiger charge is 2.18. The summed E-state index contributed by atoms with van der Waals surface area (Å²) in [5, 5.41) is 13.9. The number of rotatable bonds is 7. The number of carbonyl (C=O) groups excluding carboxylic acids is 1. The van der Waals surface area contributed by atoms with Crippen LogP contribution in [-0.4, -0.2) is 29.7 Å². The van der Waals surface area contributed by atoms with Crippen molar-refractivity contribution in [3.63, 3.8) is 0 Å². The van der Waals surface area contributed by atoms with Crippen LogP contribution >= 0.6 is 0 Å². The highest BCUT2D eigenvalue weighted by Crippen LogP contribution is 2.00. The van der Waals surface area contributed by atoms with Crippen LogP contribution in [0.3, 0.4) is 0 Å². The second-order valence-corrected chi connectivity index (χ2v) is 3.61. The first-order valence-corrected chi connectivity index (χ1v) is 5.78. The Kier molecular flexibility index (Phi) is 8.57. The number of carboxylic acid groups (broad SMARTS) is 1. The normalized spacial score (nSPS) is 10.9. The van der Waals surface area contributed by atoms with Crippen LogP contribution in [0, 0.1) is 11.8 Å². The van der Waals surface area contributed by atoms with E-state index in [9.17, 15) is 9.59 Å². The molecule has 96 valence electrons. The molecule has 0 aromatic carbocycles. The number of carbonyl (C=O) groups is 2. The van der Waals surface area contributed by atoms with Crippen LogP contribution in [0.1, 0.15) is 39.5 Å². The van der Waals surface area contributed by atoms with Gasteiger partial charge >= 0.3 is 12.0 Å². The molecule has 0 aliphatic heterocycles. The summed E-state index contributed by atoms with van der Waals surface area (Å²) >= 11 is 0. The van der Waals surface area contributed by atoms with Crippen LogP contribution < -0.4 is 10.6 Å². The largest absolute Gasteiger partial charge is 0.480 e. The molecule has 1 unspecified atom stereocenters. The minimum Gasteiger partial charge on any atom is -0.480 e. The van der Waals surface area contributed by atoms with Crippen LogP contribution in [0.2, 0.25) is 0 Å². The zero-order valence-electron chi connectivity index (χ0n) is 10.4. The lowest BCUT2D eigenvalue weighted by Gasteiger charge is -2.14. The molecule has 0 aromatic heterocycles. The van der Waals surface area contributed by atoms with Gasteiger partial charge in [-0.15, -0.1) is 11.8 Å². The summed E-state index contributed by atoms with van der Waals surface area (Å²) in [6, 6.07) is -1.27. The number of aliphatic carboxylic acids is 1. The molecule has 0 spiro atoms. The molecule has 5 heteroatoms. The fourth-order valence-electron chi connectivity index (χ4n) is 1.24. The van der Waals surface area contributed by atoms with Gasteiger partial charge in [-0.1, -0.05) is 19.8 Å². The zero-order chi connectivity index (χ0) is 13.1. The van der Waals surface area contributed by atoms with Crippen LogP contribution in [-0.2, 0) is 4.79 Å². The molecule has 0 saturated heterocycles. The van der Waals surface area contributed by atoms with Crippen molar-refractivity contribution in [3.8, 4) is 11.8 Å². The van der Waals surface area contributed by atoms with E-state index in [1.807, 2.05) is 6.92 Å². The Labute approximate surface area is 102 Å². The number of amides is 2. The maximum atomic E-state index is 11.4. The molecule has 0 aliphatic carbocycles. The Hall–Kier alpha value is -1.70. The van der Waals surface area contributed by atoms with Gasteiger partial charge in [0.2, 0.25) is 0 Å². The summed E-state index contributed by atoms with van der Waals surface area (Å²) in [7, 11) is 0. The lowest BCUT2D eigenvalue weighted by molar-refractivity contribution is -0.139. The summed E-state index contributed by atoms with van der Waals surface area (Å²) in [5.74, 6) is 4.52. The minimum absolute atomic E-state index is 0.423. The number of unbranched alkanes of at least 4 members (excludes halogenated alkanes) is 1. The fourth-order valence-corrected chi connectivity index (χ4v) is 1.24. The van der Waals surface area contributed by atoms with E-state index in [-0.39, 0.29) is 0 Å². The predicted octanol–water partition coefficient (Wildman–Crippen LogP) is 1.34. The second kappa shape index (κ2) is 9.52. The van der Waals surface area contributed by atoms with Gasteiger partial charge in [0, 0.05) is 13.0 Å². The average Bonchev–Trinajstić information content (AvgIpc) is 2.29. The Morgan fingerprint density at radius 1 is 1.41 bits per heavy atom. The monoisotopic (exact) mass is 240 g/mol. The maximum Gasteiger partial charge on any atom is 0.326 e. The summed E-state index contributed by atoms with van der Waals surface area (Å²) in [4.78, 5) is 22.2. The molecule has 2 amide bonds. The van der Waals surface area contributed by atoms with Gasteiger partial charge in [0.1, 0.15) is 6.04 Å². The summed E-state index contributed by atoms with van der Waals surface area (Å²) < 4.78 is 0. The lowest BCUT2D eigenvalue weighted by Crippen LogP contribution is -2.46. The first-order valence-electron chi connectivity index (χ1n) is 5.78. The maximum absolute atomic E-state index is 11.4. The van der Waals surface area contributed by atoms with Crippen LogP contribution in [0.4, 0.5) is 4.79 Å². The molecule has 3 N–H and O–H groups in total. The van der Waals surface area contributed by atoms with E-state index in [2.05, 4.69) is 22.5 Å². The Bertz CT molecular complexity index is 305. The molecule has 0 radical (unpaired) electrons. The van der Waals surface area contributed by atoms with Crippen molar-refractivity contribution in [3.05, 3.63) is 0 Å². The average molecular weight is 240 g/mol. The number of urea groups is 1. The molecular formula is C12H20N2O3. The third-order valence-corrected chi connectivity index (χ3v) is 2.16. The summed E-state index contributed by atoms with van der Waals surface area (Å²) in [6.07, 6.45) is 2.70. The Morgan fingerprint density at radius 2 is 2.12 bits per heavy atom. The first kappa shape index (κ1) is 15.3. The number of nitrogens with one attached hydrogen (secondary N) is 2. The fraction of sp³-hybridized carbons (Fsp3) is 0.667. The van der Waals surface area contributed by atoms with Gasteiger partial charge in [-0.3, -0.25) is 0 Å². The third-order valence-electron chi connectivity index (χ3n) is 2.16. The molecular weight excluding hydrogens is 220 g/mol. The van der Waals surface area contributed by atoms with E-state index >= 15 is 0 Å². The summed E-state index contributed by atoms with van der Waals surface area (Å²) in [6.45, 7) is 4.13. The van der Waals surface area contributed by atoms with Crippen LogP contribution in [0.25, 0.3) is 0 Å². The van der Waals surface area contributed by atoms with Crippen molar-refractivity contribution in [2.24, 2.45) is 0 Å². The highest BCUT2D eigenvalue weighted by atomic mass is 16.4. The quantitative estimate of drug-likeness (QED) is 0.464. The van der Waals surface area contributed by atoms with E-state index < -0.39 is 18.0 Å². The van der Waals surface area contributed by atoms with E-state index in [1.54, 1.807) is 6.92 Å². The van der Waals surface area contributed by atoms with Gasteiger partial charge in [0.15, 0.2) is 0 Å². The molecule has 17 heavy (non-hydrogen) atoms. The molecule has 0 rings (SSSR count). The second-order valence-electron chi connectivity index (χ2n) is 3.61. The van der Waals surface area contributed by atoms with Gasteiger partial charge in [-0.05, 0) is 13.3 Å². The van der Waals surface area contributed by atoms with Gasteiger partial charge < -0.3 is 15.7 Å². The topological polar surface area (TPSA) is 78.4 Å². The highest BCUT2D eigenvalue weighted by molar-refractivity contribution is 5.82. The third kappa shape index (κ3) is 8.14. The van der Waals surface area contributed by atoms with Gasteiger partial charge in [0.25, 0.3) is 0 Å². The Balaban J connectivity index is 3.93. The first-order chi connectivity index (χ1) is 8.11. The lowest BCUT2D eigenvalue weighted by atomic mass is 10.1. The van der Waals surface area contributed by atoms with Crippen molar-refractivity contribution in [1.82, 2.24) is 10.6 Å². The van der Waals surface area contributed by atoms with E-state index in [0.29, 0.717) is 19.4 Å². The van der Waals surface area contributed by atoms with E-state index in [4.69, 9.17) is 5.11 Å². The van der Waals surface area contributed by atoms with Crippen molar-refractivity contribution in [1.29, 1.82) is 0 Å². The van der Waals surface area contributed by atoms with Crippen molar-refractivity contribution in [2.75, 3.05) is 6.54 Å². The van der Waals surface area contributed by atoms with Gasteiger partial charge in [-0.25, -0.2) is 9.59 Å². The standard InChI is InChI=1S/C12H20N2O3/c1-3-5-7-9-13-12(17)14-10(11(15)16)8-6-4-2/h10H,4,6-9H2,1-2H3,(H,15,16)(H2,13,14,17). The molecule has 0 bridgehead atoms. The van der Waals surface area contributed by atoms with Crippen molar-refractivity contribution in [2.45, 2.75) is 45.6 Å². The van der Waals surface area contributed by atoms with E-state index in [0.717, 1.165) is 12.8 Å². The van der Waals surface area contributed by atoms with Crippen molar-refractivity contribution < 1.29 is 14.7 Å². The van der Waals surface area contributed by atoms with Crippen LogP contribution in [0.5, 0.6) is 0 Å². The predicted molar refractivity (Wildman–Crippen MR) is 65.6 cm³/mol. The molecule has 5 nitrogen and oxygen atoms in total.